The standard InChI is InChI=1S/C16H25N3.C2H2O4/c1-2-4-16(5-3-1)19-12-10-18(11-13-19)14-15-6-8-17-9-7-15;3-1(4)2(5)6/h6-9,16H,1-5,10-14H2;(H,3,4)(H,5,6). The summed E-state index contributed by atoms with van der Waals surface area (Å²) in [5, 5.41) is 14.8. The van der Waals surface area contributed by atoms with Crippen LogP contribution in [0.2, 0.25) is 0 Å². The topological polar surface area (TPSA) is 94.0 Å². The maximum Gasteiger partial charge on any atom is 0.414 e. The minimum Gasteiger partial charge on any atom is -0.473 e. The van der Waals surface area contributed by atoms with Gasteiger partial charge in [-0.05, 0) is 30.5 Å². The summed E-state index contributed by atoms with van der Waals surface area (Å²) in [5.41, 5.74) is 1.39. The molecule has 2 aliphatic rings. The first-order chi connectivity index (χ1) is 12.1. The second-order valence-electron chi connectivity index (χ2n) is 6.57. The molecule has 2 fully saturated rings. The smallest absolute Gasteiger partial charge is 0.414 e. The zero-order valence-electron chi connectivity index (χ0n) is 14.5. The van der Waals surface area contributed by atoms with E-state index in [1.54, 1.807) is 0 Å². The molecule has 0 atom stereocenters. The third-order valence-electron chi connectivity index (χ3n) is 4.84. The number of hydrogen-bond acceptors (Lipinski definition) is 5. The molecular formula is C18H27N3O4. The average Bonchev–Trinajstić information content (AvgIpc) is 2.64. The Morgan fingerprint density at radius 1 is 0.960 bits per heavy atom. The van der Waals surface area contributed by atoms with Crippen LogP contribution in [-0.2, 0) is 16.1 Å². The van der Waals surface area contributed by atoms with Crippen LogP contribution in [0.5, 0.6) is 0 Å². The SMILES string of the molecule is O=C(O)C(=O)O.c1cc(CN2CCN(C3CCCCC3)CC2)ccn1. The van der Waals surface area contributed by atoms with E-state index >= 15 is 0 Å². The number of carbonyl (C=O) groups is 2. The maximum absolute atomic E-state index is 9.10. The molecule has 0 bridgehead atoms. The molecule has 0 radical (unpaired) electrons. The Kier molecular flexibility index (Phi) is 7.81. The average molecular weight is 349 g/mol. The summed E-state index contributed by atoms with van der Waals surface area (Å²) >= 11 is 0. The van der Waals surface area contributed by atoms with Crippen LogP contribution in [0.1, 0.15) is 37.7 Å². The first-order valence-electron chi connectivity index (χ1n) is 8.88. The van der Waals surface area contributed by atoms with Gasteiger partial charge in [-0.3, -0.25) is 14.8 Å². The molecule has 0 aromatic carbocycles. The number of aromatic nitrogens is 1. The first-order valence-corrected chi connectivity index (χ1v) is 8.88. The molecule has 0 spiro atoms. The van der Waals surface area contributed by atoms with E-state index in [0.717, 1.165) is 12.6 Å². The molecule has 25 heavy (non-hydrogen) atoms. The van der Waals surface area contributed by atoms with Gasteiger partial charge in [-0.25, -0.2) is 9.59 Å². The summed E-state index contributed by atoms with van der Waals surface area (Å²) in [6.07, 6.45) is 11.0. The van der Waals surface area contributed by atoms with Crippen LogP contribution in [0.25, 0.3) is 0 Å². The van der Waals surface area contributed by atoms with Gasteiger partial charge < -0.3 is 10.2 Å². The Morgan fingerprint density at radius 2 is 1.52 bits per heavy atom. The van der Waals surface area contributed by atoms with E-state index in [1.165, 1.54) is 63.8 Å². The molecule has 0 amide bonds. The van der Waals surface area contributed by atoms with Crippen molar-refractivity contribution in [1.29, 1.82) is 0 Å². The molecule has 1 aromatic rings. The summed E-state index contributed by atoms with van der Waals surface area (Å²) in [6.45, 7) is 6.05. The van der Waals surface area contributed by atoms with Crippen LogP contribution in [0.3, 0.4) is 0 Å². The second-order valence-corrected chi connectivity index (χ2v) is 6.57. The molecule has 1 aliphatic heterocycles. The fourth-order valence-corrected chi connectivity index (χ4v) is 3.48. The zero-order chi connectivity index (χ0) is 18.1. The van der Waals surface area contributed by atoms with Crippen molar-refractivity contribution in [2.45, 2.75) is 44.7 Å². The van der Waals surface area contributed by atoms with Crippen molar-refractivity contribution in [2.75, 3.05) is 26.2 Å². The normalized spacial score (nSPS) is 19.7. The molecule has 1 aromatic heterocycles. The predicted octanol–water partition coefficient (Wildman–Crippen LogP) is 1.69. The van der Waals surface area contributed by atoms with E-state index in [1.807, 2.05) is 12.4 Å². The van der Waals surface area contributed by atoms with Crippen molar-refractivity contribution >= 4 is 11.9 Å². The fraction of sp³-hybridized carbons (Fsp3) is 0.611. The Bertz CT molecular complexity index is 527. The number of nitrogens with zero attached hydrogens (tertiary/aromatic N) is 3. The van der Waals surface area contributed by atoms with Crippen LogP contribution in [0.15, 0.2) is 24.5 Å². The molecule has 1 saturated carbocycles. The predicted molar refractivity (Wildman–Crippen MR) is 93.2 cm³/mol. The van der Waals surface area contributed by atoms with Gasteiger partial charge in [0.05, 0.1) is 0 Å². The molecule has 1 aliphatic carbocycles. The van der Waals surface area contributed by atoms with E-state index in [-0.39, 0.29) is 0 Å². The van der Waals surface area contributed by atoms with Crippen molar-refractivity contribution in [1.82, 2.24) is 14.8 Å². The monoisotopic (exact) mass is 349 g/mol. The van der Waals surface area contributed by atoms with Gasteiger partial charge >= 0.3 is 11.9 Å². The van der Waals surface area contributed by atoms with Gasteiger partial charge in [0.1, 0.15) is 0 Å². The van der Waals surface area contributed by atoms with Gasteiger partial charge in [-0.15, -0.1) is 0 Å². The molecule has 2 heterocycles. The summed E-state index contributed by atoms with van der Waals surface area (Å²) in [6, 6.07) is 5.15. The van der Waals surface area contributed by atoms with Gasteiger partial charge in [0, 0.05) is 51.2 Å². The van der Waals surface area contributed by atoms with Crippen molar-refractivity contribution in [3.05, 3.63) is 30.1 Å². The van der Waals surface area contributed by atoms with Gasteiger partial charge in [0.2, 0.25) is 0 Å². The van der Waals surface area contributed by atoms with E-state index in [2.05, 4.69) is 26.9 Å². The fourth-order valence-electron chi connectivity index (χ4n) is 3.48. The second kappa shape index (κ2) is 10.1. The molecule has 7 heteroatoms. The van der Waals surface area contributed by atoms with Crippen LogP contribution < -0.4 is 0 Å². The molecule has 3 rings (SSSR count). The summed E-state index contributed by atoms with van der Waals surface area (Å²) < 4.78 is 0. The van der Waals surface area contributed by atoms with Crippen molar-refractivity contribution < 1.29 is 19.8 Å². The molecule has 7 nitrogen and oxygen atoms in total. The minimum absolute atomic E-state index is 0.886. The highest BCUT2D eigenvalue weighted by Gasteiger charge is 2.24. The van der Waals surface area contributed by atoms with E-state index in [4.69, 9.17) is 19.8 Å². The Balaban J connectivity index is 0.000000326. The number of aliphatic carboxylic acids is 2. The number of piperazine rings is 1. The number of rotatable bonds is 3. The molecule has 2 N–H and O–H groups in total. The lowest BCUT2D eigenvalue weighted by Gasteiger charge is -2.40. The lowest BCUT2D eigenvalue weighted by Crippen LogP contribution is -2.50. The van der Waals surface area contributed by atoms with Crippen LogP contribution >= 0.6 is 0 Å². The number of pyridine rings is 1. The van der Waals surface area contributed by atoms with E-state index in [0.29, 0.717) is 0 Å². The van der Waals surface area contributed by atoms with Crippen LogP contribution in [-0.4, -0.2) is 69.2 Å². The van der Waals surface area contributed by atoms with Gasteiger partial charge in [0.15, 0.2) is 0 Å². The van der Waals surface area contributed by atoms with Crippen molar-refractivity contribution in [3.8, 4) is 0 Å². The third-order valence-corrected chi connectivity index (χ3v) is 4.84. The molecule has 138 valence electrons. The highest BCUT2D eigenvalue weighted by molar-refractivity contribution is 6.27. The number of hydrogen-bond donors (Lipinski definition) is 2. The largest absolute Gasteiger partial charge is 0.473 e. The third kappa shape index (κ3) is 6.80. The Hall–Kier alpha value is -1.99. The van der Waals surface area contributed by atoms with E-state index < -0.39 is 11.9 Å². The van der Waals surface area contributed by atoms with Crippen molar-refractivity contribution in [3.63, 3.8) is 0 Å². The minimum atomic E-state index is -1.82. The summed E-state index contributed by atoms with van der Waals surface area (Å²) in [7, 11) is 0. The van der Waals surface area contributed by atoms with Crippen LogP contribution in [0.4, 0.5) is 0 Å². The Labute approximate surface area is 148 Å². The highest BCUT2D eigenvalue weighted by atomic mass is 16.4. The first kappa shape index (κ1) is 19.3. The van der Waals surface area contributed by atoms with Gasteiger partial charge in [-0.1, -0.05) is 19.3 Å². The zero-order valence-corrected chi connectivity index (χ0v) is 14.5. The quantitative estimate of drug-likeness (QED) is 0.802. The summed E-state index contributed by atoms with van der Waals surface area (Å²) in [5.74, 6) is -3.65. The maximum atomic E-state index is 9.10. The Morgan fingerprint density at radius 3 is 2.04 bits per heavy atom. The van der Waals surface area contributed by atoms with Crippen molar-refractivity contribution in [2.24, 2.45) is 0 Å². The van der Waals surface area contributed by atoms with Gasteiger partial charge in [0.25, 0.3) is 0 Å². The molecular weight excluding hydrogens is 322 g/mol. The summed E-state index contributed by atoms with van der Waals surface area (Å²) in [4.78, 5) is 27.6. The highest BCUT2D eigenvalue weighted by Crippen LogP contribution is 2.23. The lowest BCUT2D eigenvalue weighted by molar-refractivity contribution is -0.159. The van der Waals surface area contributed by atoms with E-state index in [9.17, 15) is 0 Å². The number of carboxylic acids is 2. The van der Waals surface area contributed by atoms with Gasteiger partial charge in [-0.2, -0.15) is 0 Å². The number of carboxylic acid groups (broad SMARTS) is 2. The molecule has 1 saturated heterocycles. The molecule has 0 unspecified atom stereocenters. The van der Waals surface area contributed by atoms with Crippen LogP contribution in [0, 0.1) is 0 Å². The lowest BCUT2D eigenvalue weighted by atomic mass is 9.94.